The van der Waals surface area contributed by atoms with Crippen LogP contribution >= 0.6 is 34.4 Å². The van der Waals surface area contributed by atoms with Crippen molar-refractivity contribution in [1.82, 2.24) is 14.8 Å². The van der Waals surface area contributed by atoms with E-state index >= 15 is 0 Å². The predicted molar refractivity (Wildman–Crippen MR) is 114 cm³/mol. The number of Topliss-reactive ketones (excluding diaryl/α,β-unsaturated/α-hetero) is 1. The number of aryl methyl sites for hydroxylation is 1. The summed E-state index contributed by atoms with van der Waals surface area (Å²) in [5, 5.41) is 14.6. The van der Waals surface area contributed by atoms with Gasteiger partial charge in [-0.25, -0.2) is 0 Å². The first-order valence-corrected chi connectivity index (χ1v) is 11.7. The Hall–Kier alpha value is -1.64. The maximum atomic E-state index is 12.7. The molecular weight excluding hydrogens is 396 g/mol. The summed E-state index contributed by atoms with van der Waals surface area (Å²) in [7, 11) is 0. The molecule has 0 unspecified atom stereocenters. The van der Waals surface area contributed by atoms with E-state index in [1.165, 1.54) is 46.5 Å². The lowest BCUT2D eigenvalue weighted by atomic mass is 10.2. The first-order chi connectivity index (χ1) is 13.1. The van der Waals surface area contributed by atoms with Gasteiger partial charge in [0.15, 0.2) is 10.1 Å². The number of anilines is 1. The Morgan fingerprint density at radius 3 is 2.96 bits per heavy atom. The third-order valence-corrected chi connectivity index (χ3v) is 7.61. The Kier molecular flexibility index (Phi) is 5.66. The van der Waals surface area contributed by atoms with Crippen molar-refractivity contribution in [1.29, 1.82) is 0 Å². The molecule has 4 rings (SSSR count). The van der Waals surface area contributed by atoms with Crippen molar-refractivity contribution in [2.75, 3.05) is 17.6 Å². The Morgan fingerprint density at radius 2 is 2.22 bits per heavy atom. The lowest BCUT2D eigenvalue weighted by Gasteiger charge is -2.07. The fourth-order valence-electron chi connectivity index (χ4n) is 3.25. The van der Waals surface area contributed by atoms with Crippen molar-refractivity contribution in [3.63, 3.8) is 0 Å². The van der Waals surface area contributed by atoms with Crippen LogP contribution in [0.1, 0.15) is 45.5 Å². The van der Waals surface area contributed by atoms with Crippen LogP contribution in [-0.4, -0.2) is 32.8 Å². The summed E-state index contributed by atoms with van der Waals surface area (Å²) in [4.78, 5) is 14.0. The Bertz CT molecular complexity index is 925. The molecule has 3 aromatic rings. The standard InChI is InChI=1S/C19H22N4OS3/c1-12-10-16(13(2)23(12)14-5-6-14)17(24)11-26-19-22-21-18(27-19)20-8-7-15-4-3-9-25-15/h3-4,9-10,14H,5-8,11H2,1-2H3,(H,20,21). The molecule has 0 spiro atoms. The third kappa shape index (κ3) is 4.44. The Balaban J connectivity index is 1.29. The van der Waals surface area contributed by atoms with E-state index in [2.05, 4.69) is 51.4 Å². The average molecular weight is 419 g/mol. The molecule has 1 N–H and O–H groups in total. The van der Waals surface area contributed by atoms with Crippen LogP contribution in [0.3, 0.4) is 0 Å². The van der Waals surface area contributed by atoms with Gasteiger partial charge in [0.1, 0.15) is 0 Å². The van der Waals surface area contributed by atoms with Crippen LogP contribution in [0.15, 0.2) is 27.9 Å². The highest BCUT2D eigenvalue weighted by Crippen LogP contribution is 2.38. The molecule has 1 saturated carbocycles. The molecule has 3 heterocycles. The zero-order valence-corrected chi connectivity index (χ0v) is 17.8. The second kappa shape index (κ2) is 8.16. The number of hydrogen-bond donors (Lipinski definition) is 1. The highest BCUT2D eigenvalue weighted by Gasteiger charge is 2.28. The maximum Gasteiger partial charge on any atom is 0.206 e. The molecular formula is C19H22N4OS3. The summed E-state index contributed by atoms with van der Waals surface area (Å²) in [6.45, 7) is 4.99. The zero-order valence-electron chi connectivity index (χ0n) is 15.4. The van der Waals surface area contributed by atoms with Crippen molar-refractivity contribution >= 4 is 45.4 Å². The number of carbonyl (C=O) groups is 1. The smallest absolute Gasteiger partial charge is 0.206 e. The number of thiophene rings is 1. The van der Waals surface area contributed by atoms with E-state index in [4.69, 9.17) is 0 Å². The van der Waals surface area contributed by atoms with E-state index in [0.29, 0.717) is 11.8 Å². The van der Waals surface area contributed by atoms with Crippen LogP contribution in [0.25, 0.3) is 0 Å². The van der Waals surface area contributed by atoms with Crippen molar-refractivity contribution < 1.29 is 4.79 Å². The van der Waals surface area contributed by atoms with Crippen LogP contribution in [0.2, 0.25) is 0 Å². The Labute approximate surface area is 171 Å². The zero-order chi connectivity index (χ0) is 18.8. The SMILES string of the molecule is Cc1cc(C(=O)CSc2nnc(NCCc3cccs3)s2)c(C)n1C1CC1. The minimum atomic E-state index is 0.169. The monoisotopic (exact) mass is 418 g/mol. The van der Waals surface area contributed by atoms with Gasteiger partial charge in [-0.2, -0.15) is 0 Å². The molecule has 3 aromatic heterocycles. The number of carbonyl (C=O) groups excluding carboxylic acids is 1. The van der Waals surface area contributed by atoms with Crippen LogP contribution in [0, 0.1) is 13.8 Å². The van der Waals surface area contributed by atoms with Crippen molar-refractivity contribution in [3.05, 3.63) is 45.4 Å². The van der Waals surface area contributed by atoms with E-state index in [-0.39, 0.29) is 5.78 Å². The number of thioether (sulfide) groups is 1. The fourth-order valence-corrected chi connectivity index (χ4v) is 5.62. The molecule has 0 bridgehead atoms. The summed E-state index contributed by atoms with van der Waals surface area (Å²) >= 11 is 4.75. The van der Waals surface area contributed by atoms with E-state index in [0.717, 1.165) is 33.7 Å². The number of ketones is 1. The molecule has 0 aromatic carbocycles. The minimum absolute atomic E-state index is 0.169. The van der Waals surface area contributed by atoms with Gasteiger partial charge in [-0.15, -0.1) is 21.5 Å². The first kappa shape index (κ1) is 18.7. The highest BCUT2D eigenvalue weighted by molar-refractivity contribution is 8.01. The maximum absolute atomic E-state index is 12.7. The fraction of sp³-hybridized carbons (Fsp3) is 0.421. The van der Waals surface area contributed by atoms with Gasteiger partial charge in [0.05, 0.1) is 5.75 Å². The largest absolute Gasteiger partial charge is 0.360 e. The molecule has 1 fully saturated rings. The number of nitrogens with zero attached hydrogens (tertiary/aromatic N) is 3. The lowest BCUT2D eigenvalue weighted by molar-refractivity contribution is 0.102. The number of rotatable bonds is 9. The quantitative estimate of drug-likeness (QED) is 0.392. The molecule has 0 saturated heterocycles. The molecule has 0 radical (unpaired) electrons. The molecule has 1 aliphatic carbocycles. The second-order valence-corrected chi connectivity index (χ2v) is 9.96. The van der Waals surface area contributed by atoms with Crippen LogP contribution in [0.4, 0.5) is 5.13 Å². The van der Waals surface area contributed by atoms with Gasteiger partial charge >= 0.3 is 0 Å². The van der Waals surface area contributed by atoms with Gasteiger partial charge in [-0.3, -0.25) is 4.79 Å². The van der Waals surface area contributed by atoms with E-state index < -0.39 is 0 Å². The van der Waals surface area contributed by atoms with Gasteiger partial charge in [-0.05, 0) is 50.6 Å². The van der Waals surface area contributed by atoms with Crippen LogP contribution in [0.5, 0.6) is 0 Å². The van der Waals surface area contributed by atoms with Gasteiger partial charge < -0.3 is 9.88 Å². The lowest BCUT2D eigenvalue weighted by Crippen LogP contribution is -2.05. The normalized spacial score (nSPS) is 13.9. The van der Waals surface area contributed by atoms with Gasteiger partial charge in [0, 0.05) is 34.4 Å². The predicted octanol–water partition coefficient (Wildman–Crippen LogP) is 4.98. The van der Waals surface area contributed by atoms with Gasteiger partial charge in [0.2, 0.25) is 5.13 Å². The van der Waals surface area contributed by atoms with E-state index in [9.17, 15) is 4.79 Å². The van der Waals surface area contributed by atoms with Gasteiger partial charge in [0.25, 0.3) is 0 Å². The topological polar surface area (TPSA) is 59.8 Å². The Morgan fingerprint density at radius 1 is 1.37 bits per heavy atom. The number of hydrogen-bond acceptors (Lipinski definition) is 7. The third-order valence-electron chi connectivity index (χ3n) is 4.66. The van der Waals surface area contributed by atoms with E-state index in [1.807, 2.05) is 6.07 Å². The molecule has 27 heavy (non-hydrogen) atoms. The minimum Gasteiger partial charge on any atom is -0.360 e. The number of nitrogens with one attached hydrogen (secondary N) is 1. The number of aromatic nitrogens is 3. The molecule has 8 heteroatoms. The molecule has 0 atom stereocenters. The molecule has 1 aliphatic rings. The van der Waals surface area contributed by atoms with Gasteiger partial charge in [-0.1, -0.05) is 29.2 Å². The van der Waals surface area contributed by atoms with Crippen LogP contribution in [-0.2, 0) is 6.42 Å². The second-order valence-electron chi connectivity index (χ2n) is 6.73. The summed E-state index contributed by atoms with van der Waals surface area (Å²) in [5.74, 6) is 0.570. The van der Waals surface area contributed by atoms with Crippen molar-refractivity contribution in [2.24, 2.45) is 0 Å². The summed E-state index contributed by atoms with van der Waals surface area (Å²) in [6, 6.07) is 6.84. The molecule has 142 valence electrons. The molecule has 5 nitrogen and oxygen atoms in total. The summed E-state index contributed by atoms with van der Waals surface area (Å²) < 4.78 is 3.15. The molecule has 0 aliphatic heterocycles. The van der Waals surface area contributed by atoms with Crippen molar-refractivity contribution in [3.8, 4) is 0 Å². The first-order valence-electron chi connectivity index (χ1n) is 9.06. The van der Waals surface area contributed by atoms with Crippen molar-refractivity contribution in [2.45, 2.75) is 43.5 Å². The van der Waals surface area contributed by atoms with E-state index in [1.54, 1.807) is 11.3 Å². The summed E-state index contributed by atoms with van der Waals surface area (Å²) in [6.07, 6.45) is 3.44. The summed E-state index contributed by atoms with van der Waals surface area (Å²) in [5.41, 5.74) is 3.15. The highest BCUT2D eigenvalue weighted by atomic mass is 32.2. The van der Waals surface area contributed by atoms with Crippen LogP contribution < -0.4 is 5.32 Å². The molecule has 0 amide bonds. The average Bonchev–Trinajstić information content (AvgIpc) is 3.06.